The number of hydrogen-bond donors (Lipinski definition) is 1. The minimum Gasteiger partial charge on any atom is -0.488 e. The van der Waals surface area contributed by atoms with Gasteiger partial charge in [-0.3, -0.25) is 9.69 Å². The Morgan fingerprint density at radius 1 is 1.00 bits per heavy atom. The Balaban J connectivity index is 1.12. The summed E-state index contributed by atoms with van der Waals surface area (Å²) in [5.74, 6) is 0.785. The summed E-state index contributed by atoms with van der Waals surface area (Å²) in [4.78, 5) is 27.7. The van der Waals surface area contributed by atoms with Crippen molar-refractivity contribution in [3.8, 4) is 5.75 Å². The molecule has 7 heteroatoms. The van der Waals surface area contributed by atoms with E-state index in [1.54, 1.807) is 12.1 Å². The maximum absolute atomic E-state index is 12.4. The number of para-hydroxylation sites is 1. The topological polar surface area (TPSA) is 74.2 Å². The average molecular weight is 421 g/mol. The van der Waals surface area contributed by atoms with Crippen LogP contribution in [0.3, 0.4) is 0 Å². The highest BCUT2D eigenvalue weighted by Gasteiger charge is 2.18. The summed E-state index contributed by atoms with van der Waals surface area (Å²) in [5, 5.41) is 5.97. The summed E-state index contributed by atoms with van der Waals surface area (Å²) < 4.78 is 5.66. The Morgan fingerprint density at radius 2 is 1.77 bits per heavy atom. The fourth-order valence-electron chi connectivity index (χ4n) is 3.98. The molecule has 1 N–H and O–H groups in total. The van der Waals surface area contributed by atoms with Crippen LogP contribution in [0, 0.1) is 4.91 Å². The number of rotatable bonds is 8. The summed E-state index contributed by atoms with van der Waals surface area (Å²) in [5.41, 5.74) is 3.23. The Bertz CT molecular complexity index is 934. The van der Waals surface area contributed by atoms with Crippen molar-refractivity contribution in [2.75, 3.05) is 50.8 Å². The normalized spacial score (nSPS) is 16.1. The number of hydrogen-bond acceptors (Lipinski definition) is 6. The summed E-state index contributed by atoms with van der Waals surface area (Å²) >= 11 is 0. The van der Waals surface area contributed by atoms with Crippen LogP contribution in [-0.2, 0) is 4.79 Å². The summed E-state index contributed by atoms with van der Waals surface area (Å²) in [6.07, 6.45) is 3.92. The molecule has 162 valence electrons. The third-order valence-electron chi connectivity index (χ3n) is 5.80. The van der Waals surface area contributed by atoms with Crippen LogP contribution in [0.5, 0.6) is 5.75 Å². The van der Waals surface area contributed by atoms with Gasteiger partial charge in [-0.05, 0) is 61.0 Å². The summed E-state index contributed by atoms with van der Waals surface area (Å²) in [6, 6.07) is 15.2. The average Bonchev–Trinajstić information content (AvgIpc) is 2.84. The van der Waals surface area contributed by atoms with Crippen molar-refractivity contribution in [1.29, 1.82) is 0 Å². The number of nitrogens with zero attached hydrogens (tertiary/aromatic N) is 3. The van der Waals surface area contributed by atoms with Gasteiger partial charge >= 0.3 is 0 Å². The van der Waals surface area contributed by atoms with Crippen molar-refractivity contribution in [3.05, 3.63) is 64.6 Å². The lowest BCUT2D eigenvalue weighted by Gasteiger charge is -2.36. The number of ether oxygens (including phenoxy) is 1. The molecule has 2 aliphatic rings. The molecule has 0 aliphatic carbocycles. The monoisotopic (exact) mass is 420 g/mol. The maximum Gasteiger partial charge on any atom is 0.250 e. The molecule has 1 saturated heterocycles. The number of fused-ring (bicyclic) bond motifs is 1. The van der Waals surface area contributed by atoms with E-state index in [1.807, 2.05) is 42.5 Å². The third-order valence-corrected chi connectivity index (χ3v) is 5.80. The Kier molecular flexibility index (Phi) is 6.94. The van der Waals surface area contributed by atoms with E-state index in [2.05, 4.69) is 20.3 Å². The number of anilines is 1. The van der Waals surface area contributed by atoms with Crippen molar-refractivity contribution >= 4 is 23.4 Å². The van der Waals surface area contributed by atoms with Gasteiger partial charge in [0, 0.05) is 44.0 Å². The zero-order chi connectivity index (χ0) is 21.5. The molecule has 0 atom stereocenters. The molecular weight excluding hydrogens is 392 g/mol. The van der Waals surface area contributed by atoms with Gasteiger partial charge in [-0.2, -0.15) is 0 Å². The summed E-state index contributed by atoms with van der Waals surface area (Å²) in [6.45, 7) is 6.01. The molecule has 1 amide bonds. The SMILES string of the molecule is O=Nc1ccc(N2CCN(CCCCNC(=O)C3=Cc4ccccc4OC3)CC2)cc1. The number of amides is 1. The van der Waals surface area contributed by atoms with E-state index in [9.17, 15) is 9.70 Å². The number of unbranched alkanes of at least 4 members (excludes halogenated alkanes) is 1. The van der Waals surface area contributed by atoms with Gasteiger partial charge in [-0.15, -0.1) is 4.91 Å². The maximum atomic E-state index is 12.4. The first-order chi connectivity index (χ1) is 15.2. The molecule has 0 unspecified atom stereocenters. The van der Waals surface area contributed by atoms with Gasteiger partial charge < -0.3 is 15.0 Å². The zero-order valence-electron chi connectivity index (χ0n) is 17.6. The zero-order valence-corrected chi connectivity index (χ0v) is 17.6. The Hall–Kier alpha value is -3.19. The quantitative estimate of drug-likeness (QED) is 0.522. The van der Waals surface area contributed by atoms with Crippen LogP contribution in [0.25, 0.3) is 6.08 Å². The van der Waals surface area contributed by atoms with Crippen LogP contribution in [0.1, 0.15) is 18.4 Å². The van der Waals surface area contributed by atoms with E-state index in [0.29, 0.717) is 24.4 Å². The van der Waals surface area contributed by atoms with E-state index in [1.165, 1.54) is 0 Å². The number of benzene rings is 2. The van der Waals surface area contributed by atoms with Crippen LogP contribution in [0.4, 0.5) is 11.4 Å². The number of carbonyl (C=O) groups is 1. The molecular formula is C24H28N4O3. The lowest BCUT2D eigenvalue weighted by atomic mass is 10.1. The van der Waals surface area contributed by atoms with E-state index in [4.69, 9.17) is 4.74 Å². The highest BCUT2D eigenvalue weighted by molar-refractivity contribution is 5.99. The second kappa shape index (κ2) is 10.2. The lowest BCUT2D eigenvalue weighted by molar-refractivity contribution is -0.117. The first-order valence-corrected chi connectivity index (χ1v) is 10.8. The van der Waals surface area contributed by atoms with Gasteiger partial charge in [-0.1, -0.05) is 18.2 Å². The fraction of sp³-hybridized carbons (Fsp3) is 0.375. The van der Waals surface area contributed by atoms with Crippen molar-refractivity contribution < 1.29 is 9.53 Å². The number of nitrogens with one attached hydrogen (secondary N) is 1. The first kappa shape index (κ1) is 21.1. The van der Waals surface area contributed by atoms with Crippen molar-refractivity contribution in [2.24, 2.45) is 5.18 Å². The van der Waals surface area contributed by atoms with Crippen LogP contribution < -0.4 is 15.0 Å². The highest BCUT2D eigenvalue weighted by Crippen LogP contribution is 2.25. The van der Waals surface area contributed by atoms with Gasteiger partial charge in [0.2, 0.25) is 0 Å². The standard InChI is InChI=1S/C24H28N4O3/c29-24(20-17-19-5-1-2-6-23(19)31-18-20)25-11-3-4-12-27-13-15-28(16-14-27)22-9-7-21(26-30)8-10-22/h1-2,5-10,17H,3-4,11-16,18H2,(H,25,29). The molecule has 2 aromatic carbocycles. The smallest absolute Gasteiger partial charge is 0.250 e. The number of piperazine rings is 1. The van der Waals surface area contributed by atoms with Crippen LogP contribution in [0.15, 0.2) is 59.3 Å². The van der Waals surface area contributed by atoms with Gasteiger partial charge in [-0.25, -0.2) is 0 Å². The lowest BCUT2D eigenvalue weighted by Crippen LogP contribution is -2.46. The molecule has 1 fully saturated rings. The van der Waals surface area contributed by atoms with E-state index in [0.717, 1.165) is 62.6 Å². The van der Waals surface area contributed by atoms with Gasteiger partial charge in [0.1, 0.15) is 18.0 Å². The molecule has 0 aromatic heterocycles. The molecule has 31 heavy (non-hydrogen) atoms. The molecule has 7 nitrogen and oxygen atoms in total. The highest BCUT2D eigenvalue weighted by atomic mass is 16.5. The van der Waals surface area contributed by atoms with Crippen LogP contribution in [-0.4, -0.2) is 56.7 Å². The van der Waals surface area contributed by atoms with Gasteiger partial charge in [0.15, 0.2) is 0 Å². The third kappa shape index (κ3) is 5.49. The molecule has 0 spiro atoms. The minimum absolute atomic E-state index is 0.0427. The second-order valence-electron chi connectivity index (χ2n) is 7.90. The second-order valence-corrected chi connectivity index (χ2v) is 7.90. The Morgan fingerprint density at radius 3 is 2.55 bits per heavy atom. The van der Waals surface area contributed by atoms with Crippen LogP contribution >= 0.6 is 0 Å². The van der Waals surface area contributed by atoms with Crippen molar-refractivity contribution in [2.45, 2.75) is 12.8 Å². The van der Waals surface area contributed by atoms with E-state index in [-0.39, 0.29) is 5.91 Å². The predicted molar refractivity (Wildman–Crippen MR) is 123 cm³/mol. The molecule has 2 aliphatic heterocycles. The molecule has 4 rings (SSSR count). The van der Waals surface area contributed by atoms with E-state index >= 15 is 0 Å². The van der Waals surface area contributed by atoms with Crippen LogP contribution in [0.2, 0.25) is 0 Å². The predicted octanol–water partition coefficient (Wildman–Crippen LogP) is 3.58. The largest absolute Gasteiger partial charge is 0.488 e. The van der Waals surface area contributed by atoms with Gasteiger partial charge in [0.25, 0.3) is 5.91 Å². The van der Waals surface area contributed by atoms with E-state index < -0.39 is 0 Å². The minimum atomic E-state index is -0.0427. The van der Waals surface area contributed by atoms with Crippen molar-refractivity contribution in [3.63, 3.8) is 0 Å². The molecule has 0 radical (unpaired) electrons. The van der Waals surface area contributed by atoms with Gasteiger partial charge in [0.05, 0.1) is 5.57 Å². The fourth-order valence-corrected chi connectivity index (χ4v) is 3.98. The molecule has 0 saturated carbocycles. The number of carbonyl (C=O) groups excluding carboxylic acids is 1. The molecule has 2 aromatic rings. The molecule has 2 heterocycles. The molecule has 0 bridgehead atoms. The van der Waals surface area contributed by atoms with Crippen molar-refractivity contribution in [1.82, 2.24) is 10.2 Å². The number of nitroso groups, excluding NO2 is 1. The first-order valence-electron chi connectivity index (χ1n) is 10.8. The Labute approximate surface area is 182 Å². The summed E-state index contributed by atoms with van der Waals surface area (Å²) in [7, 11) is 0.